The summed E-state index contributed by atoms with van der Waals surface area (Å²) in [5, 5.41) is 0. The highest BCUT2D eigenvalue weighted by Crippen LogP contribution is 2.17. The summed E-state index contributed by atoms with van der Waals surface area (Å²) in [5.74, 6) is -1.01. The van der Waals surface area contributed by atoms with Gasteiger partial charge in [0.1, 0.15) is 13.2 Å². The van der Waals surface area contributed by atoms with Gasteiger partial charge in [0, 0.05) is 12.8 Å². The summed E-state index contributed by atoms with van der Waals surface area (Å²) in [6.07, 6.45) is 63.2. The normalized spacial score (nSPS) is 12.2. The fraction of sp³-hybridized carbons (Fsp3) is 0.845. The van der Waals surface area contributed by atoms with Crippen LogP contribution in [0.15, 0.2) is 36.5 Å². The Bertz CT molecular complexity index is 1080. The highest BCUT2D eigenvalue weighted by atomic mass is 16.6. The first-order valence-electron chi connectivity index (χ1n) is 28.0. The zero-order valence-electron chi connectivity index (χ0n) is 42.8. The molecule has 6 heteroatoms. The molecule has 0 fully saturated rings. The van der Waals surface area contributed by atoms with E-state index < -0.39 is 12.1 Å². The van der Waals surface area contributed by atoms with Gasteiger partial charge in [0.25, 0.3) is 0 Å². The van der Waals surface area contributed by atoms with E-state index in [-0.39, 0.29) is 31.6 Å². The summed E-state index contributed by atoms with van der Waals surface area (Å²) in [5.41, 5.74) is 0. The summed E-state index contributed by atoms with van der Waals surface area (Å²) < 4.78 is 16.7. The molecule has 0 N–H and O–H groups in total. The van der Waals surface area contributed by atoms with Crippen molar-refractivity contribution in [3.8, 4) is 0 Å². The molecule has 0 heterocycles. The molecule has 0 bridgehead atoms. The molecule has 0 spiro atoms. The minimum absolute atomic E-state index is 0.0940. The number of esters is 3. The zero-order chi connectivity index (χ0) is 46.5. The smallest absolute Gasteiger partial charge is 0.309 e. The van der Waals surface area contributed by atoms with Gasteiger partial charge in [-0.25, -0.2) is 0 Å². The molecule has 0 aliphatic carbocycles. The first-order chi connectivity index (χ1) is 31.5. The van der Waals surface area contributed by atoms with E-state index in [1.54, 1.807) is 6.08 Å². The summed E-state index contributed by atoms with van der Waals surface area (Å²) in [6.45, 7) is 6.47. The number of hydrogen-bond acceptors (Lipinski definition) is 6. The lowest BCUT2D eigenvalue weighted by Gasteiger charge is -2.18. The monoisotopic (exact) mass is 899 g/mol. The number of hydrogen-bond donors (Lipinski definition) is 0. The highest BCUT2D eigenvalue weighted by Gasteiger charge is 2.19. The van der Waals surface area contributed by atoms with Crippen LogP contribution in [0.5, 0.6) is 0 Å². The Morgan fingerprint density at radius 1 is 0.328 bits per heavy atom. The van der Waals surface area contributed by atoms with Gasteiger partial charge in [-0.3, -0.25) is 14.4 Å². The van der Waals surface area contributed by atoms with Gasteiger partial charge in [-0.1, -0.05) is 282 Å². The molecule has 1 unspecified atom stereocenters. The van der Waals surface area contributed by atoms with Crippen LogP contribution in [0.1, 0.15) is 297 Å². The van der Waals surface area contributed by atoms with Crippen LogP contribution in [0.2, 0.25) is 0 Å². The standard InChI is InChI=1S/C58H106O6/c1-4-7-10-13-16-19-21-23-25-27-29-31-32-34-36-39-42-45-48-51-57(60)63-54-55(53-62-56(59)50-47-44-41-38-18-15-12-9-6-3)64-58(61)52-49-46-43-40-37-35-33-30-28-26-24-22-20-17-14-11-8-5-2/h9,12,18,38,44,47,55H,4-8,10-11,13-17,19-37,39-43,45-46,48-54H2,1-3H3/b12-9-,38-18-,47-44-. The lowest BCUT2D eigenvalue weighted by atomic mass is 10.0. The molecule has 64 heavy (non-hydrogen) atoms. The number of allylic oxidation sites excluding steroid dienone is 5. The van der Waals surface area contributed by atoms with Gasteiger partial charge < -0.3 is 14.2 Å². The second kappa shape index (κ2) is 53.2. The molecular weight excluding hydrogens is 793 g/mol. The van der Waals surface area contributed by atoms with Gasteiger partial charge in [0.2, 0.25) is 0 Å². The van der Waals surface area contributed by atoms with Crippen molar-refractivity contribution in [2.75, 3.05) is 13.2 Å². The van der Waals surface area contributed by atoms with E-state index in [2.05, 4.69) is 45.1 Å². The Hall–Kier alpha value is -2.37. The number of carbonyl (C=O) groups excluding carboxylic acids is 3. The van der Waals surface area contributed by atoms with Gasteiger partial charge in [0.15, 0.2) is 6.10 Å². The fourth-order valence-electron chi connectivity index (χ4n) is 8.27. The van der Waals surface area contributed by atoms with Crippen LogP contribution >= 0.6 is 0 Å². The molecule has 0 aliphatic rings. The molecule has 0 aromatic carbocycles. The minimum atomic E-state index is -0.802. The second-order valence-corrected chi connectivity index (χ2v) is 18.9. The third-order valence-corrected chi connectivity index (χ3v) is 12.4. The molecule has 6 nitrogen and oxygen atoms in total. The third kappa shape index (κ3) is 50.6. The van der Waals surface area contributed by atoms with E-state index >= 15 is 0 Å². The van der Waals surface area contributed by atoms with E-state index in [0.717, 1.165) is 57.8 Å². The van der Waals surface area contributed by atoms with Crippen molar-refractivity contribution < 1.29 is 28.6 Å². The first-order valence-corrected chi connectivity index (χ1v) is 28.0. The number of unbranched alkanes of at least 4 members (excludes halogenated alkanes) is 35. The fourth-order valence-corrected chi connectivity index (χ4v) is 8.27. The maximum absolute atomic E-state index is 12.8. The summed E-state index contributed by atoms with van der Waals surface area (Å²) in [4.78, 5) is 37.9. The Morgan fingerprint density at radius 2 is 0.609 bits per heavy atom. The van der Waals surface area contributed by atoms with Crippen LogP contribution in [-0.2, 0) is 28.6 Å². The molecule has 0 radical (unpaired) electrons. The molecule has 0 aromatic rings. The SMILES string of the molecule is CC/C=C\C/C=C\C/C=C\CC(=O)OCC(COC(=O)CCCCCCCCCCCCCCCCCCCCC)OC(=O)CCCCCCCCCCCCCCCCCCCC. The van der Waals surface area contributed by atoms with E-state index in [1.165, 1.54) is 199 Å². The van der Waals surface area contributed by atoms with Crippen LogP contribution in [0.3, 0.4) is 0 Å². The highest BCUT2D eigenvalue weighted by molar-refractivity contribution is 5.72. The van der Waals surface area contributed by atoms with E-state index in [1.807, 2.05) is 6.08 Å². The molecule has 0 aromatic heterocycles. The molecule has 0 saturated carbocycles. The molecule has 0 saturated heterocycles. The van der Waals surface area contributed by atoms with Crippen molar-refractivity contribution in [3.63, 3.8) is 0 Å². The van der Waals surface area contributed by atoms with Crippen LogP contribution in [0.4, 0.5) is 0 Å². The Kier molecular flexibility index (Phi) is 51.3. The van der Waals surface area contributed by atoms with Gasteiger partial charge in [-0.05, 0) is 32.1 Å². The van der Waals surface area contributed by atoms with E-state index in [4.69, 9.17) is 14.2 Å². The van der Waals surface area contributed by atoms with Crippen molar-refractivity contribution in [1.82, 2.24) is 0 Å². The minimum Gasteiger partial charge on any atom is -0.462 e. The predicted molar refractivity (Wildman–Crippen MR) is 275 cm³/mol. The van der Waals surface area contributed by atoms with E-state index in [0.29, 0.717) is 12.8 Å². The molecule has 0 amide bonds. The summed E-state index contributed by atoms with van der Waals surface area (Å²) in [7, 11) is 0. The predicted octanol–water partition coefficient (Wildman–Crippen LogP) is 18.5. The van der Waals surface area contributed by atoms with Gasteiger partial charge in [0.05, 0.1) is 6.42 Å². The lowest BCUT2D eigenvalue weighted by Crippen LogP contribution is -2.30. The van der Waals surface area contributed by atoms with Crippen molar-refractivity contribution in [2.24, 2.45) is 0 Å². The second-order valence-electron chi connectivity index (χ2n) is 18.9. The summed E-state index contributed by atoms with van der Waals surface area (Å²) >= 11 is 0. The average Bonchev–Trinajstić information content (AvgIpc) is 3.29. The average molecular weight is 899 g/mol. The Labute approximate surface area is 397 Å². The van der Waals surface area contributed by atoms with Crippen LogP contribution in [0.25, 0.3) is 0 Å². The van der Waals surface area contributed by atoms with Gasteiger partial charge in [-0.2, -0.15) is 0 Å². The molecule has 1 atom stereocenters. The maximum atomic E-state index is 12.8. The van der Waals surface area contributed by atoms with Crippen LogP contribution < -0.4 is 0 Å². The zero-order valence-corrected chi connectivity index (χ0v) is 42.8. The van der Waals surface area contributed by atoms with Crippen LogP contribution in [0, 0.1) is 0 Å². The maximum Gasteiger partial charge on any atom is 0.309 e. The van der Waals surface area contributed by atoms with Crippen molar-refractivity contribution in [1.29, 1.82) is 0 Å². The van der Waals surface area contributed by atoms with Crippen LogP contribution in [-0.4, -0.2) is 37.2 Å². The van der Waals surface area contributed by atoms with E-state index in [9.17, 15) is 14.4 Å². The summed E-state index contributed by atoms with van der Waals surface area (Å²) in [6, 6.07) is 0. The number of rotatable bonds is 51. The Morgan fingerprint density at radius 3 is 0.953 bits per heavy atom. The lowest BCUT2D eigenvalue weighted by molar-refractivity contribution is -0.166. The molecule has 0 aliphatic heterocycles. The molecule has 0 rings (SSSR count). The van der Waals surface area contributed by atoms with Crippen molar-refractivity contribution in [2.45, 2.75) is 303 Å². The number of ether oxygens (including phenoxy) is 3. The Balaban J connectivity index is 4.26. The van der Waals surface area contributed by atoms with Crippen molar-refractivity contribution >= 4 is 17.9 Å². The largest absolute Gasteiger partial charge is 0.462 e. The molecule has 374 valence electrons. The van der Waals surface area contributed by atoms with Crippen molar-refractivity contribution in [3.05, 3.63) is 36.5 Å². The molecular formula is C58H106O6. The first kappa shape index (κ1) is 61.6. The van der Waals surface area contributed by atoms with Gasteiger partial charge >= 0.3 is 17.9 Å². The quantitative estimate of drug-likeness (QED) is 0.0262. The van der Waals surface area contributed by atoms with Gasteiger partial charge in [-0.15, -0.1) is 0 Å². The third-order valence-electron chi connectivity index (χ3n) is 12.4. The topological polar surface area (TPSA) is 78.9 Å². The number of carbonyl (C=O) groups is 3.